The van der Waals surface area contributed by atoms with Crippen LogP contribution in [-0.2, 0) is 6.54 Å². The molecular weight excluding hydrogens is 234 g/mol. The number of benzene rings is 1. The molecule has 2 rings (SSSR count). The van der Waals surface area contributed by atoms with E-state index < -0.39 is 0 Å². The Morgan fingerprint density at radius 2 is 2.24 bits per heavy atom. The highest BCUT2D eigenvalue weighted by Gasteiger charge is 2.10. The van der Waals surface area contributed by atoms with E-state index in [0.717, 1.165) is 5.56 Å². The smallest absolute Gasteiger partial charge is 0.251 e. The number of carbonyl (C=O) groups excluding carboxylic acids is 1. The number of hydrogen-bond acceptors (Lipinski definition) is 3. The Hall–Kier alpha value is -1.81. The van der Waals surface area contributed by atoms with Crippen LogP contribution in [0, 0.1) is 6.92 Å². The molecule has 88 valence electrons. The fourth-order valence-electron chi connectivity index (χ4n) is 1.54. The van der Waals surface area contributed by atoms with Crippen molar-refractivity contribution in [2.24, 2.45) is 0 Å². The Morgan fingerprint density at radius 3 is 2.94 bits per heavy atom. The minimum absolute atomic E-state index is 0.146. The zero-order valence-electron chi connectivity index (χ0n) is 9.43. The van der Waals surface area contributed by atoms with Crippen LogP contribution >= 0.6 is 11.3 Å². The first-order chi connectivity index (χ1) is 8.18. The number of amides is 1. The van der Waals surface area contributed by atoms with Crippen molar-refractivity contribution in [2.75, 3.05) is 0 Å². The maximum atomic E-state index is 11.9. The molecule has 17 heavy (non-hydrogen) atoms. The van der Waals surface area contributed by atoms with E-state index in [-0.39, 0.29) is 11.7 Å². The molecule has 0 aliphatic rings. The van der Waals surface area contributed by atoms with Gasteiger partial charge >= 0.3 is 0 Å². The fourth-order valence-corrected chi connectivity index (χ4v) is 2.21. The van der Waals surface area contributed by atoms with Crippen LogP contribution in [0.3, 0.4) is 0 Å². The molecule has 2 aromatic rings. The second-order valence-electron chi connectivity index (χ2n) is 3.76. The van der Waals surface area contributed by atoms with Crippen molar-refractivity contribution >= 4 is 17.2 Å². The number of thiophene rings is 1. The van der Waals surface area contributed by atoms with Gasteiger partial charge in [0.25, 0.3) is 5.91 Å². The fraction of sp³-hybridized carbons (Fsp3) is 0.154. The van der Waals surface area contributed by atoms with E-state index in [1.54, 1.807) is 36.5 Å². The van der Waals surface area contributed by atoms with Crippen LogP contribution in [0.1, 0.15) is 21.5 Å². The summed E-state index contributed by atoms with van der Waals surface area (Å²) in [6.45, 7) is 2.24. The van der Waals surface area contributed by atoms with Gasteiger partial charge in [-0.2, -0.15) is 11.3 Å². The number of aromatic hydroxyl groups is 1. The van der Waals surface area contributed by atoms with Gasteiger partial charge in [0, 0.05) is 17.7 Å². The average Bonchev–Trinajstić information content (AvgIpc) is 2.82. The lowest BCUT2D eigenvalue weighted by Crippen LogP contribution is -2.23. The van der Waals surface area contributed by atoms with Gasteiger partial charge in [-0.3, -0.25) is 4.79 Å². The Bertz CT molecular complexity index is 520. The van der Waals surface area contributed by atoms with E-state index in [4.69, 9.17) is 0 Å². The SMILES string of the molecule is Cc1c(O)cccc1C(=O)NCc1ccsc1. The molecule has 2 N–H and O–H groups in total. The molecule has 0 saturated carbocycles. The lowest BCUT2D eigenvalue weighted by molar-refractivity contribution is 0.0950. The highest BCUT2D eigenvalue weighted by atomic mass is 32.1. The van der Waals surface area contributed by atoms with E-state index in [1.165, 1.54) is 0 Å². The Labute approximate surface area is 104 Å². The van der Waals surface area contributed by atoms with Crippen molar-refractivity contribution in [2.45, 2.75) is 13.5 Å². The first-order valence-corrected chi connectivity index (χ1v) is 6.20. The molecule has 4 heteroatoms. The van der Waals surface area contributed by atoms with E-state index in [1.807, 2.05) is 16.8 Å². The molecule has 0 bridgehead atoms. The molecule has 0 saturated heterocycles. The number of phenols is 1. The molecule has 0 spiro atoms. The molecule has 1 aromatic carbocycles. The second kappa shape index (κ2) is 5.01. The Balaban J connectivity index is 2.07. The summed E-state index contributed by atoms with van der Waals surface area (Å²) in [7, 11) is 0. The van der Waals surface area contributed by atoms with Gasteiger partial charge in [-0.05, 0) is 41.4 Å². The maximum absolute atomic E-state index is 11.9. The number of nitrogens with one attached hydrogen (secondary N) is 1. The summed E-state index contributed by atoms with van der Waals surface area (Å²) < 4.78 is 0. The van der Waals surface area contributed by atoms with Crippen molar-refractivity contribution in [3.63, 3.8) is 0 Å². The zero-order valence-corrected chi connectivity index (χ0v) is 10.3. The standard InChI is InChI=1S/C13H13NO2S/c1-9-11(3-2-4-12(9)15)13(16)14-7-10-5-6-17-8-10/h2-6,8,15H,7H2,1H3,(H,14,16). The maximum Gasteiger partial charge on any atom is 0.251 e. The van der Waals surface area contributed by atoms with Crippen LogP contribution in [0.2, 0.25) is 0 Å². The third-order valence-corrected chi connectivity index (χ3v) is 3.32. The molecule has 1 aromatic heterocycles. The summed E-state index contributed by atoms with van der Waals surface area (Å²) >= 11 is 1.60. The van der Waals surface area contributed by atoms with Crippen molar-refractivity contribution in [3.8, 4) is 5.75 Å². The highest BCUT2D eigenvalue weighted by Crippen LogP contribution is 2.19. The Kier molecular flexibility index (Phi) is 3.44. The van der Waals surface area contributed by atoms with Crippen LogP contribution in [0.4, 0.5) is 0 Å². The third kappa shape index (κ3) is 2.65. The predicted molar refractivity (Wildman–Crippen MR) is 68.3 cm³/mol. The minimum atomic E-state index is -0.162. The topological polar surface area (TPSA) is 49.3 Å². The largest absolute Gasteiger partial charge is 0.508 e. The lowest BCUT2D eigenvalue weighted by atomic mass is 10.1. The quantitative estimate of drug-likeness (QED) is 0.876. The van der Waals surface area contributed by atoms with Gasteiger partial charge in [0.15, 0.2) is 0 Å². The van der Waals surface area contributed by atoms with Crippen LogP contribution in [0.25, 0.3) is 0 Å². The van der Waals surface area contributed by atoms with Crippen molar-refractivity contribution in [1.82, 2.24) is 5.32 Å². The van der Waals surface area contributed by atoms with Gasteiger partial charge < -0.3 is 10.4 Å². The molecule has 0 fully saturated rings. The van der Waals surface area contributed by atoms with Gasteiger partial charge in [-0.25, -0.2) is 0 Å². The molecule has 3 nitrogen and oxygen atoms in total. The summed E-state index contributed by atoms with van der Waals surface area (Å²) in [5.74, 6) is -0.0159. The van der Waals surface area contributed by atoms with Gasteiger partial charge in [0.2, 0.25) is 0 Å². The van der Waals surface area contributed by atoms with E-state index >= 15 is 0 Å². The summed E-state index contributed by atoms with van der Waals surface area (Å²) in [6.07, 6.45) is 0. The number of hydrogen-bond donors (Lipinski definition) is 2. The molecular formula is C13H13NO2S. The van der Waals surface area contributed by atoms with E-state index in [2.05, 4.69) is 5.32 Å². The molecule has 0 unspecified atom stereocenters. The third-order valence-electron chi connectivity index (χ3n) is 2.58. The number of rotatable bonds is 3. The number of phenolic OH excluding ortho intramolecular Hbond substituents is 1. The normalized spacial score (nSPS) is 10.2. The first-order valence-electron chi connectivity index (χ1n) is 5.26. The Morgan fingerprint density at radius 1 is 1.41 bits per heavy atom. The summed E-state index contributed by atoms with van der Waals surface area (Å²) in [6, 6.07) is 6.92. The summed E-state index contributed by atoms with van der Waals surface area (Å²) in [4.78, 5) is 11.9. The molecule has 0 radical (unpaired) electrons. The van der Waals surface area contributed by atoms with Crippen LogP contribution in [0.5, 0.6) is 5.75 Å². The van der Waals surface area contributed by atoms with Crippen molar-refractivity contribution in [3.05, 3.63) is 51.7 Å². The molecule has 1 heterocycles. The number of carbonyl (C=O) groups is 1. The summed E-state index contributed by atoms with van der Waals surface area (Å²) in [5.41, 5.74) is 2.21. The molecule has 1 amide bonds. The van der Waals surface area contributed by atoms with Crippen LogP contribution in [-0.4, -0.2) is 11.0 Å². The average molecular weight is 247 g/mol. The van der Waals surface area contributed by atoms with Crippen molar-refractivity contribution < 1.29 is 9.90 Å². The lowest BCUT2D eigenvalue weighted by Gasteiger charge is -2.07. The minimum Gasteiger partial charge on any atom is -0.508 e. The highest BCUT2D eigenvalue weighted by molar-refractivity contribution is 7.07. The monoisotopic (exact) mass is 247 g/mol. The van der Waals surface area contributed by atoms with Gasteiger partial charge in [0.05, 0.1) is 0 Å². The molecule has 0 atom stereocenters. The zero-order chi connectivity index (χ0) is 12.3. The van der Waals surface area contributed by atoms with E-state index in [9.17, 15) is 9.90 Å². The van der Waals surface area contributed by atoms with Gasteiger partial charge in [-0.15, -0.1) is 0 Å². The second-order valence-corrected chi connectivity index (χ2v) is 4.54. The van der Waals surface area contributed by atoms with Crippen molar-refractivity contribution in [1.29, 1.82) is 0 Å². The molecule has 0 aliphatic carbocycles. The van der Waals surface area contributed by atoms with Crippen LogP contribution < -0.4 is 5.32 Å². The first kappa shape index (κ1) is 11.7. The molecule has 0 aliphatic heterocycles. The summed E-state index contributed by atoms with van der Waals surface area (Å²) in [5, 5.41) is 16.3. The predicted octanol–water partition coefficient (Wildman–Crippen LogP) is 2.69. The van der Waals surface area contributed by atoms with E-state index in [0.29, 0.717) is 17.7 Å². The van der Waals surface area contributed by atoms with Gasteiger partial charge in [-0.1, -0.05) is 6.07 Å². The van der Waals surface area contributed by atoms with Gasteiger partial charge in [0.1, 0.15) is 5.75 Å². The van der Waals surface area contributed by atoms with Crippen LogP contribution in [0.15, 0.2) is 35.0 Å².